The fourth-order valence-corrected chi connectivity index (χ4v) is 0.428. The van der Waals surface area contributed by atoms with Crippen molar-refractivity contribution in [1.82, 2.24) is 0 Å². The Hall–Kier alpha value is -0.0400. The first kappa shape index (κ1) is 6.96. The molecule has 0 aliphatic heterocycles. The minimum atomic E-state index is 0.394. The van der Waals surface area contributed by atoms with Gasteiger partial charge in [0.25, 0.3) is 0 Å². The second kappa shape index (κ2) is 4.13. The van der Waals surface area contributed by atoms with Crippen LogP contribution in [0.2, 0.25) is 0 Å². The van der Waals surface area contributed by atoms with Crippen LogP contribution in [0, 0.1) is 6.42 Å². The molecule has 0 N–H and O–H groups in total. The van der Waals surface area contributed by atoms with E-state index in [0.717, 1.165) is 6.42 Å². The van der Waals surface area contributed by atoms with E-state index >= 15 is 0 Å². The molecule has 0 aliphatic carbocycles. The fraction of sp³-hybridized carbons (Fsp3) is 0.833. The van der Waals surface area contributed by atoms with Crippen molar-refractivity contribution < 1.29 is 4.74 Å². The Balaban J connectivity index is 2.83. The standard InChI is InChI=1S/C6H13O/c1-4-5-6(2)7-3/h4,6H,5H2,1-3H3. The first-order valence-electron chi connectivity index (χ1n) is 2.62. The summed E-state index contributed by atoms with van der Waals surface area (Å²) in [7, 11) is 1.73. The molecule has 0 amide bonds. The molecule has 0 aromatic heterocycles. The summed E-state index contributed by atoms with van der Waals surface area (Å²) in [5.74, 6) is 0. The van der Waals surface area contributed by atoms with Gasteiger partial charge in [-0.25, -0.2) is 0 Å². The van der Waals surface area contributed by atoms with Crippen LogP contribution < -0.4 is 0 Å². The predicted molar refractivity (Wildman–Crippen MR) is 31.1 cm³/mol. The lowest BCUT2D eigenvalue weighted by molar-refractivity contribution is 0.118. The van der Waals surface area contributed by atoms with E-state index in [0.29, 0.717) is 6.10 Å². The maximum Gasteiger partial charge on any atom is 0.0545 e. The molecule has 0 bridgehead atoms. The van der Waals surface area contributed by atoms with Crippen LogP contribution in [0.1, 0.15) is 20.3 Å². The zero-order valence-electron chi connectivity index (χ0n) is 5.27. The smallest absolute Gasteiger partial charge is 0.0545 e. The molecule has 0 heterocycles. The molecule has 1 unspecified atom stereocenters. The van der Waals surface area contributed by atoms with E-state index in [4.69, 9.17) is 4.74 Å². The highest BCUT2D eigenvalue weighted by atomic mass is 16.5. The van der Waals surface area contributed by atoms with Crippen LogP contribution in [0.4, 0.5) is 0 Å². The zero-order valence-corrected chi connectivity index (χ0v) is 5.27. The Labute approximate surface area is 45.7 Å². The predicted octanol–water partition coefficient (Wildman–Crippen LogP) is 1.64. The first-order chi connectivity index (χ1) is 3.31. The lowest BCUT2D eigenvalue weighted by Gasteiger charge is -2.04. The van der Waals surface area contributed by atoms with Gasteiger partial charge in [-0.15, -0.1) is 0 Å². The van der Waals surface area contributed by atoms with E-state index in [9.17, 15) is 0 Å². The number of methoxy groups -OCH3 is 1. The average molecular weight is 101 g/mol. The van der Waals surface area contributed by atoms with Crippen LogP contribution in [-0.2, 0) is 4.74 Å². The van der Waals surface area contributed by atoms with Gasteiger partial charge in [0.15, 0.2) is 0 Å². The summed E-state index contributed by atoms with van der Waals surface area (Å²) in [5, 5.41) is 0. The molecule has 0 spiro atoms. The van der Waals surface area contributed by atoms with E-state index in [2.05, 4.69) is 13.3 Å². The van der Waals surface area contributed by atoms with Crippen LogP contribution in [0.3, 0.4) is 0 Å². The molecule has 43 valence electrons. The van der Waals surface area contributed by atoms with Crippen LogP contribution >= 0.6 is 0 Å². The van der Waals surface area contributed by atoms with Crippen LogP contribution in [0.25, 0.3) is 0 Å². The Bertz CT molecular complexity index is 35.2. The maximum absolute atomic E-state index is 4.96. The molecule has 0 saturated heterocycles. The molecule has 0 fully saturated rings. The molecule has 1 radical (unpaired) electrons. The van der Waals surface area contributed by atoms with Crippen LogP contribution in [-0.4, -0.2) is 13.2 Å². The van der Waals surface area contributed by atoms with Gasteiger partial charge in [-0.05, 0) is 19.8 Å². The molecule has 0 aromatic carbocycles. The van der Waals surface area contributed by atoms with Crippen molar-refractivity contribution in [1.29, 1.82) is 0 Å². The summed E-state index contributed by atoms with van der Waals surface area (Å²) >= 11 is 0. The molecule has 1 heteroatoms. The third-order valence-electron chi connectivity index (χ3n) is 0.970. The Morgan fingerprint density at radius 3 is 2.43 bits per heavy atom. The van der Waals surface area contributed by atoms with Gasteiger partial charge in [-0.2, -0.15) is 0 Å². The van der Waals surface area contributed by atoms with Gasteiger partial charge >= 0.3 is 0 Å². The third-order valence-corrected chi connectivity index (χ3v) is 0.970. The second-order valence-corrected chi connectivity index (χ2v) is 1.69. The second-order valence-electron chi connectivity index (χ2n) is 1.69. The first-order valence-corrected chi connectivity index (χ1v) is 2.62. The molecule has 0 rings (SSSR count). The normalized spacial score (nSPS) is 14.1. The van der Waals surface area contributed by atoms with E-state index in [1.165, 1.54) is 0 Å². The van der Waals surface area contributed by atoms with Gasteiger partial charge in [0, 0.05) is 7.11 Å². The van der Waals surface area contributed by atoms with Crippen molar-refractivity contribution in [3.05, 3.63) is 6.42 Å². The van der Waals surface area contributed by atoms with Crippen molar-refractivity contribution in [3.63, 3.8) is 0 Å². The SMILES string of the molecule is C[CH]CC(C)OC. The highest BCUT2D eigenvalue weighted by molar-refractivity contribution is 4.60. The molecule has 0 saturated carbocycles. The van der Waals surface area contributed by atoms with E-state index < -0.39 is 0 Å². The highest BCUT2D eigenvalue weighted by Crippen LogP contribution is 1.95. The quantitative estimate of drug-likeness (QED) is 0.525. The van der Waals surface area contributed by atoms with Gasteiger partial charge in [0.1, 0.15) is 0 Å². The monoisotopic (exact) mass is 101 g/mol. The minimum Gasteiger partial charge on any atom is -0.382 e. The van der Waals surface area contributed by atoms with Gasteiger partial charge in [-0.3, -0.25) is 0 Å². The van der Waals surface area contributed by atoms with Gasteiger partial charge in [-0.1, -0.05) is 6.92 Å². The van der Waals surface area contributed by atoms with Crippen LogP contribution in [0.5, 0.6) is 0 Å². The molecular formula is C6H13O. The Morgan fingerprint density at radius 2 is 2.29 bits per heavy atom. The molecule has 7 heavy (non-hydrogen) atoms. The summed E-state index contributed by atoms with van der Waals surface area (Å²) in [6.45, 7) is 4.09. The summed E-state index contributed by atoms with van der Waals surface area (Å²) in [5.41, 5.74) is 0. The molecule has 0 aromatic rings. The van der Waals surface area contributed by atoms with Crippen molar-refractivity contribution >= 4 is 0 Å². The molecule has 0 aliphatic rings. The number of hydrogen-bond acceptors (Lipinski definition) is 1. The summed E-state index contributed by atoms with van der Waals surface area (Å²) < 4.78 is 4.96. The lowest BCUT2D eigenvalue weighted by atomic mass is 10.2. The number of hydrogen-bond donors (Lipinski definition) is 0. The minimum absolute atomic E-state index is 0.394. The van der Waals surface area contributed by atoms with Crippen molar-refractivity contribution in [2.45, 2.75) is 26.4 Å². The summed E-state index contributed by atoms with van der Waals surface area (Å²) in [4.78, 5) is 0. The van der Waals surface area contributed by atoms with Crippen LogP contribution in [0.15, 0.2) is 0 Å². The third kappa shape index (κ3) is 3.80. The molecule has 1 nitrogen and oxygen atoms in total. The largest absolute Gasteiger partial charge is 0.382 e. The number of rotatable bonds is 3. The Morgan fingerprint density at radius 1 is 1.71 bits per heavy atom. The summed E-state index contributed by atoms with van der Waals surface area (Å²) in [6, 6.07) is 0. The average Bonchev–Trinajstić information content (AvgIpc) is 1.68. The Kier molecular flexibility index (Phi) is 4.10. The zero-order chi connectivity index (χ0) is 5.70. The number of ether oxygens (including phenoxy) is 1. The topological polar surface area (TPSA) is 9.23 Å². The lowest BCUT2D eigenvalue weighted by Crippen LogP contribution is -2.02. The fourth-order valence-electron chi connectivity index (χ4n) is 0.428. The van der Waals surface area contributed by atoms with Gasteiger partial charge < -0.3 is 4.74 Å². The van der Waals surface area contributed by atoms with Crippen molar-refractivity contribution in [3.8, 4) is 0 Å². The van der Waals surface area contributed by atoms with E-state index in [1.54, 1.807) is 7.11 Å². The molecule has 1 atom stereocenters. The maximum atomic E-state index is 4.96. The van der Waals surface area contributed by atoms with Gasteiger partial charge in [0.2, 0.25) is 0 Å². The van der Waals surface area contributed by atoms with Gasteiger partial charge in [0.05, 0.1) is 6.10 Å². The molecular weight excluding hydrogens is 88.1 g/mol. The summed E-state index contributed by atoms with van der Waals surface area (Å²) in [6.07, 6.45) is 3.55. The van der Waals surface area contributed by atoms with Crippen molar-refractivity contribution in [2.24, 2.45) is 0 Å². The highest BCUT2D eigenvalue weighted by Gasteiger charge is 1.93. The van der Waals surface area contributed by atoms with E-state index in [1.807, 2.05) is 6.92 Å². The van der Waals surface area contributed by atoms with Crippen molar-refractivity contribution in [2.75, 3.05) is 7.11 Å². The van der Waals surface area contributed by atoms with E-state index in [-0.39, 0.29) is 0 Å².